The Morgan fingerprint density at radius 1 is 0.900 bits per heavy atom. The van der Waals surface area contributed by atoms with Crippen LogP contribution in [0.15, 0.2) is 82.1 Å². The summed E-state index contributed by atoms with van der Waals surface area (Å²) >= 11 is 5.82. The van der Waals surface area contributed by atoms with Crippen molar-refractivity contribution < 1.29 is 12.8 Å². The van der Waals surface area contributed by atoms with Crippen molar-refractivity contribution in [2.75, 3.05) is 4.72 Å². The number of aryl methyl sites for hydroxylation is 1. The topological polar surface area (TPSA) is 85.1 Å². The van der Waals surface area contributed by atoms with Gasteiger partial charge in [0.25, 0.3) is 10.0 Å². The molecule has 0 radical (unpaired) electrons. The molecule has 1 N–H and O–H groups in total. The highest BCUT2D eigenvalue weighted by Crippen LogP contribution is 2.23. The van der Waals surface area contributed by atoms with E-state index in [2.05, 4.69) is 14.9 Å². The number of anilines is 1. The van der Waals surface area contributed by atoms with E-state index in [1.54, 1.807) is 24.3 Å². The van der Waals surface area contributed by atoms with E-state index in [-0.39, 0.29) is 4.90 Å². The van der Waals surface area contributed by atoms with Crippen molar-refractivity contribution in [3.05, 3.63) is 94.8 Å². The average molecular weight is 440 g/mol. The Hall–Kier alpha value is -3.16. The van der Waals surface area contributed by atoms with Crippen molar-refractivity contribution in [3.63, 3.8) is 0 Å². The molecule has 0 bridgehead atoms. The van der Waals surface area contributed by atoms with Gasteiger partial charge in [0.05, 0.1) is 11.3 Å². The number of aromatic nitrogens is 2. The minimum Gasteiger partial charge on any atom is -0.420 e. The fraction of sp³-hybridized carbons (Fsp3) is 0.0909. The minimum atomic E-state index is -3.70. The molecule has 4 aromatic rings. The predicted molar refractivity (Wildman–Crippen MR) is 116 cm³/mol. The second-order valence-electron chi connectivity index (χ2n) is 6.80. The molecule has 0 saturated heterocycles. The maximum absolute atomic E-state index is 12.5. The number of rotatable bonds is 6. The Balaban J connectivity index is 1.46. The molecule has 0 atom stereocenters. The summed E-state index contributed by atoms with van der Waals surface area (Å²) < 4.78 is 33.2. The first-order valence-electron chi connectivity index (χ1n) is 9.16. The number of hydrogen-bond acceptors (Lipinski definition) is 5. The van der Waals surface area contributed by atoms with Gasteiger partial charge in [0, 0.05) is 16.3 Å². The maximum atomic E-state index is 12.5. The zero-order valence-electron chi connectivity index (χ0n) is 16.0. The average Bonchev–Trinajstić information content (AvgIpc) is 3.19. The summed E-state index contributed by atoms with van der Waals surface area (Å²) in [6, 6.07) is 20.8. The predicted octanol–water partition coefficient (Wildman–Crippen LogP) is 5.09. The molecule has 0 aliphatic carbocycles. The zero-order chi connectivity index (χ0) is 21.1. The largest absolute Gasteiger partial charge is 0.420 e. The number of sulfonamides is 1. The Bertz CT molecular complexity index is 1250. The van der Waals surface area contributed by atoms with Crippen LogP contribution in [0, 0.1) is 6.92 Å². The van der Waals surface area contributed by atoms with Gasteiger partial charge in [0.2, 0.25) is 11.8 Å². The van der Waals surface area contributed by atoms with Crippen LogP contribution in [0.25, 0.3) is 11.5 Å². The number of hydrogen-bond donors (Lipinski definition) is 1. The molecular formula is C22H18ClN3O3S. The van der Waals surface area contributed by atoms with E-state index in [1.807, 2.05) is 31.2 Å². The van der Waals surface area contributed by atoms with E-state index in [4.69, 9.17) is 16.0 Å². The summed E-state index contributed by atoms with van der Waals surface area (Å²) in [6.07, 6.45) is 0.548. The molecule has 0 amide bonds. The van der Waals surface area contributed by atoms with Crippen LogP contribution >= 0.6 is 11.6 Å². The van der Waals surface area contributed by atoms with Crippen LogP contribution in [0.3, 0.4) is 0 Å². The third-order valence-corrected chi connectivity index (χ3v) is 6.10. The monoisotopic (exact) mass is 439 g/mol. The highest BCUT2D eigenvalue weighted by atomic mass is 35.5. The molecule has 6 nitrogen and oxygen atoms in total. The van der Waals surface area contributed by atoms with Crippen LogP contribution in [0.4, 0.5) is 5.69 Å². The number of nitrogens with one attached hydrogen (secondary N) is 1. The molecular weight excluding hydrogens is 422 g/mol. The van der Waals surface area contributed by atoms with Gasteiger partial charge in [0.15, 0.2) is 0 Å². The molecule has 0 aliphatic rings. The molecule has 152 valence electrons. The van der Waals surface area contributed by atoms with Crippen LogP contribution in [-0.2, 0) is 16.4 Å². The summed E-state index contributed by atoms with van der Waals surface area (Å²) in [4.78, 5) is 0.133. The summed E-state index contributed by atoms with van der Waals surface area (Å²) in [7, 11) is -3.70. The summed E-state index contributed by atoms with van der Waals surface area (Å²) in [6.45, 7) is 2.04. The Morgan fingerprint density at radius 2 is 1.57 bits per heavy atom. The van der Waals surface area contributed by atoms with Gasteiger partial charge in [-0.1, -0.05) is 41.4 Å². The lowest BCUT2D eigenvalue weighted by molar-refractivity contribution is 0.518. The Labute approximate surface area is 179 Å². The van der Waals surface area contributed by atoms with Crippen LogP contribution in [0.1, 0.15) is 17.0 Å². The van der Waals surface area contributed by atoms with Gasteiger partial charge in [-0.3, -0.25) is 4.72 Å². The van der Waals surface area contributed by atoms with Gasteiger partial charge in [-0.25, -0.2) is 8.42 Å². The minimum absolute atomic E-state index is 0.133. The SMILES string of the molecule is Cc1ccc(Cc2nnc(-c3ccc(NS(=O)(=O)c4ccc(Cl)cc4)cc3)o2)cc1. The van der Waals surface area contributed by atoms with Gasteiger partial charge >= 0.3 is 0 Å². The first kappa shape index (κ1) is 20.1. The summed E-state index contributed by atoms with van der Waals surface area (Å²) in [5.74, 6) is 0.894. The highest BCUT2D eigenvalue weighted by molar-refractivity contribution is 7.92. The molecule has 30 heavy (non-hydrogen) atoms. The number of halogens is 1. The molecule has 0 unspecified atom stereocenters. The van der Waals surface area contributed by atoms with Gasteiger partial charge in [-0.2, -0.15) is 0 Å². The molecule has 8 heteroatoms. The molecule has 0 saturated carbocycles. The third-order valence-electron chi connectivity index (χ3n) is 4.45. The lowest BCUT2D eigenvalue weighted by atomic mass is 10.1. The Kier molecular flexibility index (Phi) is 5.57. The molecule has 0 fully saturated rings. The first-order valence-corrected chi connectivity index (χ1v) is 11.0. The first-order chi connectivity index (χ1) is 14.4. The number of nitrogens with zero attached hydrogens (tertiary/aromatic N) is 2. The molecule has 1 heterocycles. The second-order valence-corrected chi connectivity index (χ2v) is 8.92. The standard InChI is InChI=1S/C22H18ClN3O3S/c1-15-2-4-16(5-3-15)14-21-24-25-22(29-21)17-6-10-19(11-7-17)26-30(27,28)20-12-8-18(23)9-13-20/h2-13,26H,14H2,1H3. The van der Waals surface area contributed by atoms with Gasteiger partial charge < -0.3 is 4.42 Å². The smallest absolute Gasteiger partial charge is 0.261 e. The van der Waals surface area contributed by atoms with Crippen molar-refractivity contribution in [1.29, 1.82) is 0 Å². The molecule has 0 spiro atoms. The second kappa shape index (κ2) is 8.30. The molecule has 3 aromatic carbocycles. The number of benzene rings is 3. The van der Waals surface area contributed by atoms with Gasteiger partial charge in [0.1, 0.15) is 0 Å². The van der Waals surface area contributed by atoms with E-state index >= 15 is 0 Å². The van der Waals surface area contributed by atoms with Crippen molar-refractivity contribution in [1.82, 2.24) is 10.2 Å². The van der Waals surface area contributed by atoms with Crippen LogP contribution in [0.2, 0.25) is 5.02 Å². The lowest BCUT2D eigenvalue weighted by Gasteiger charge is -2.08. The normalized spacial score (nSPS) is 11.4. The van der Waals surface area contributed by atoms with Crippen molar-refractivity contribution >= 4 is 27.3 Å². The summed E-state index contributed by atoms with van der Waals surface area (Å²) in [5.41, 5.74) is 3.40. The molecule has 1 aromatic heterocycles. The van der Waals surface area contributed by atoms with Crippen molar-refractivity contribution in [2.45, 2.75) is 18.2 Å². The van der Waals surface area contributed by atoms with Crippen LogP contribution < -0.4 is 4.72 Å². The van der Waals surface area contributed by atoms with Crippen molar-refractivity contribution in [2.24, 2.45) is 0 Å². The Morgan fingerprint density at radius 3 is 2.23 bits per heavy atom. The third kappa shape index (κ3) is 4.69. The fourth-order valence-electron chi connectivity index (χ4n) is 2.83. The van der Waals surface area contributed by atoms with E-state index in [9.17, 15) is 8.42 Å². The zero-order valence-corrected chi connectivity index (χ0v) is 17.6. The quantitative estimate of drug-likeness (QED) is 0.452. The molecule has 0 aliphatic heterocycles. The van der Waals surface area contributed by atoms with E-state index in [1.165, 1.54) is 29.8 Å². The van der Waals surface area contributed by atoms with Crippen LogP contribution in [0.5, 0.6) is 0 Å². The van der Waals surface area contributed by atoms with E-state index in [0.717, 1.165) is 5.56 Å². The van der Waals surface area contributed by atoms with Crippen molar-refractivity contribution in [3.8, 4) is 11.5 Å². The lowest BCUT2D eigenvalue weighted by Crippen LogP contribution is -2.12. The van der Waals surface area contributed by atoms with Gasteiger partial charge in [-0.05, 0) is 61.0 Å². The molecule has 4 rings (SSSR count). The highest BCUT2D eigenvalue weighted by Gasteiger charge is 2.15. The fourth-order valence-corrected chi connectivity index (χ4v) is 4.02. The van der Waals surface area contributed by atoms with E-state index in [0.29, 0.717) is 34.5 Å². The van der Waals surface area contributed by atoms with E-state index < -0.39 is 10.0 Å². The maximum Gasteiger partial charge on any atom is 0.261 e. The summed E-state index contributed by atoms with van der Waals surface area (Å²) in [5, 5.41) is 8.66. The van der Waals surface area contributed by atoms with Crippen LogP contribution in [-0.4, -0.2) is 18.6 Å². The van der Waals surface area contributed by atoms with Gasteiger partial charge in [-0.15, -0.1) is 10.2 Å².